The zero-order valence-electron chi connectivity index (χ0n) is 23.5. The second-order valence-electron chi connectivity index (χ2n) is 11.9. The van der Waals surface area contributed by atoms with E-state index in [0.29, 0.717) is 42.4 Å². The number of fused-ring (bicyclic) bond motifs is 1. The number of halogens is 1. The second-order valence-corrected chi connectivity index (χ2v) is 14.2. The van der Waals surface area contributed by atoms with E-state index in [2.05, 4.69) is 64.1 Å². The molecule has 6 heteroatoms. The van der Waals surface area contributed by atoms with Crippen LogP contribution in [0, 0.1) is 16.7 Å². The van der Waals surface area contributed by atoms with Gasteiger partial charge < -0.3 is 13.9 Å². The molecule has 1 aromatic carbocycles. The molecule has 1 unspecified atom stereocenters. The quantitative estimate of drug-likeness (QED) is 0.0709. The summed E-state index contributed by atoms with van der Waals surface area (Å²) >= 11 is 2.44. The van der Waals surface area contributed by atoms with E-state index in [4.69, 9.17) is 13.9 Å². The summed E-state index contributed by atoms with van der Waals surface area (Å²) < 4.78 is 17.2. The highest BCUT2D eigenvalue weighted by molar-refractivity contribution is 14.1. The Labute approximate surface area is 230 Å². The van der Waals surface area contributed by atoms with Crippen molar-refractivity contribution in [1.82, 2.24) is 0 Å². The van der Waals surface area contributed by atoms with Crippen molar-refractivity contribution in [3.05, 3.63) is 40.2 Å². The lowest BCUT2D eigenvalue weighted by Crippen LogP contribution is -2.46. The fourth-order valence-electron chi connectivity index (χ4n) is 4.27. The molecule has 5 nitrogen and oxygen atoms in total. The van der Waals surface area contributed by atoms with Crippen LogP contribution in [-0.4, -0.2) is 22.6 Å². The zero-order valence-corrected chi connectivity index (χ0v) is 25.6. The van der Waals surface area contributed by atoms with Crippen molar-refractivity contribution in [3.63, 3.8) is 0 Å². The van der Waals surface area contributed by atoms with Gasteiger partial charge in [-0.3, -0.25) is 4.79 Å². The topological polar surface area (TPSA) is 65.7 Å². The molecule has 0 radical (unpaired) electrons. The normalized spacial score (nSPS) is 14.2. The molecule has 0 amide bonds. The van der Waals surface area contributed by atoms with Crippen LogP contribution in [0.1, 0.15) is 93.1 Å². The molecular formula is C30H45IO5. The molecule has 2 aromatic rings. The third-order valence-corrected chi connectivity index (χ3v) is 9.05. The fraction of sp³-hybridized carbons (Fsp3) is 0.667. The molecule has 0 aliphatic heterocycles. The van der Waals surface area contributed by atoms with Crippen molar-refractivity contribution in [2.75, 3.05) is 13.2 Å². The van der Waals surface area contributed by atoms with Gasteiger partial charge in [0.25, 0.3) is 0 Å². The number of hydrogen-bond acceptors (Lipinski definition) is 5. The van der Waals surface area contributed by atoms with E-state index in [1.807, 2.05) is 32.0 Å². The van der Waals surface area contributed by atoms with Crippen molar-refractivity contribution in [3.8, 4) is 5.75 Å². The first-order valence-electron chi connectivity index (χ1n) is 13.3. The monoisotopic (exact) mass is 612 g/mol. The van der Waals surface area contributed by atoms with E-state index < -0.39 is 5.41 Å². The molecule has 36 heavy (non-hydrogen) atoms. The van der Waals surface area contributed by atoms with Crippen molar-refractivity contribution in [1.29, 1.82) is 0 Å². The van der Waals surface area contributed by atoms with Gasteiger partial charge in [0, 0.05) is 3.42 Å². The van der Waals surface area contributed by atoms with Crippen LogP contribution >= 0.6 is 22.6 Å². The van der Waals surface area contributed by atoms with Crippen LogP contribution in [-0.2, 0) is 16.0 Å². The number of carbonyl (C=O) groups is 1. The average molecular weight is 613 g/mol. The van der Waals surface area contributed by atoms with Crippen molar-refractivity contribution in [2.45, 2.75) is 97.3 Å². The summed E-state index contributed by atoms with van der Waals surface area (Å²) in [5.41, 5.74) is 0.424. The predicted octanol–water partition coefficient (Wildman–Crippen LogP) is 8.13. The molecule has 1 atom stereocenters. The number of benzene rings is 1. The number of esters is 1. The molecule has 1 aromatic heterocycles. The van der Waals surface area contributed by atoms with Crippen molar-refractivity contribution in [2.24, 2.45) is 16.7 Å². The minimum atomic E-state index is -0.578. The standard InChI is InChI=1S/C30H45IO5/c1-9-28(4,5)20-30(8,31)29(6,7)27(33)35-18-14-10-13-17-34-25-22-15-11-12-16-24(22)36-26(32)23(25)19-21(2)3/h11-12,15-16,21H,9-10,13-14,17-20H2,1-8H3. The van der Waals surface area contributed by atoms with E-state index >= 15 is 0 Å². The Morgan fingerprint density at radius 1 is 1.03 bits per heavy atom. The molecular weight excluding hydrogens is 567 g/mol. The van der Waals surface area contributed by atoms with Gasteiger partial charge >= 0.3 is 11.6 Å². The zero-order chi connectivity index (χ0) is 27.1. The Balaban J connectivity index is 1.88. The molecule has 0 aliphatic carbocycles. The molecule has 0 bridgehead atoms. The Kier molecular flexibility index (Phi) is 10.9. The van der Waals surface area contributed by atoms with E-state index in [1.54, 1.807) is 6.07 Å². The van der Waals surface area contributed by atoms with Crippen LogP contribution in [0.3, 0.4) is 0 Å². The van der Waals surface area contributed by atoms with Gasteiger partial charge in [0.2, 0.25) is 0 Å². The van der Waals surface area contributed by atoms with Crippen molar-refractivity contribution < 1.29 is 18.7 Å². The van der Waals surface area contributed by atoms with Gasteiger partial charge in [0.05, 0.1) is 29.6 Å². The van der Waals surface area contributed by atoms with E-state index in [9.17, 15) is 9.59 Å². The van der Waals surface area contributed by atoms with E-state index in [1.165, 1.54) is 0 Å². The smallest absolute Gasteiger partial charge is 0.343 e. The SMILES string of the molecule is CCC(C)(C)CC(C)(I)C(C)(C)C(=O)OCCCCCOc1c(CC(C)C)c(=O)oc2ccccc12. The summed E-state index contributed by atoms with van der Waals surface area (Å²) in [6.07, 6.45) is 5.09. The number of alkyl halides is 1. The van der Waals surface area contributed by atoms with Crippen LogP contribution in [0.5, 0.6) is 5.75 Å². The van der Waals surface area contributed by atoms with Gasteiger partial charge in [-0.25, -0.2) is 4.79 Å². The lowest BCUT2D eigenvalue weighted by molar-refractivity contribution is -0.155. The molecule has 1 heterocycles. The lowest BCUT2D eigenvalue weighted by atomic mass is 9.70. The summed E-state index contributed by atoms with van der Waals surface area (Å²) in [6, 6.07) is 7.50. The number of hydrogen-bond donors (Lipinski definition) is 0. The van der Waals surface area contributed by atoms with Crippen LogP contribution in [0.15, 0.2) is 33.5 Å². The minimum Gasteiger partial charge on any atom is -0.492 e. The third-order valence-electron chi connectivity index (χ3n) is 7.32. The number of ether oxygens (including phenoxy) is 2. The Morgan fingerprint density at radius 2 is 1.67 bits per heavy atom. The molecule has 202 valence electrons. The van der Waals surface area contributed by atoms with Crippen LogP contribution in [0.4, 0.5) is 0 Å². The second kappa shape index (κ2) is 12.8. The van der Waals surface area contributed by atoms with E-state index in [0.717, 1.165) is 37.5 Å². The van der Waals surface area contributed by atoms with Gasteiger partial charge in [-0.2, -0.15) is 0 Å². The largest absolute Gasteiger partial charge is 0.492 e. The van der Waals surface area contributed by atoms with E-state index in [-0.39, 0.29) is 20.4 Å². The molecule has 0 aliphatic rings. The van der Waals surface area contributed by atoms with Crippen LogP contribution < -0.4 is 10.4 Å². The lowest BCUT2D eigenvalue weighted by Gasteiger charge is -2.42. The van der Waals surface area contributed by atoms with Crippen LogP contribution in [0.2, 0.25) is 0 Å². The van der Waals surface area contributed by atoms with Gasteiger partial charge in [-0.15, -0.1) is 0 Å². The molecule has 0 saturated carbocycles. The third kappa shape index (κ3) is 7.96. The number of carbonyl (C=O) groups excluding carboxylic acids is 1. The highest BCUT2D eigenvalue weighted by Crippen LogP contribution is 2.48. The maximum Gasteiger partial charge on any atom is 0.343 e. The first kappa shape index (κ1) is 30.7. The van der Waals surface area contributed by atoms with Crippen LogP contribution in [0.25, 0.3) is 11.0 Å². The highest BCUT2D eigenvalue weighted by Gasteiger charge is 2.48. The molecule has 0 fully saturated rings. The van der Waals surface area contributed by atoms with Gasteiger partial charge in [-0.05, 0) is 76.3 Å². The molecule has 0 N–H and O–H groups in total. The molecule has 2 rings (SSSR count). The first-order valence-corrected chi connectivity index (χ1v) is 14.3. The maximum absolute atomic E-state index is 13.0. The maximum atomic E-state index is 13.0. The Bertz CT molecular complexity index is 1060. The Hall–Kier alpha value is -1.57. The summed E-state index contributed by atoms with van der Waals surface area (Å²) in [5, 5.41) is 0.831. The van der Waals surface area contributed by atoms with Gasteiger partial charge in [-0.1, -0.05) is 75.8 Å². The molecule has 0 saturated heterocycles. The minimum absolute atomic E-state index is 0.136. The predicted molar refractivity (Wildman–Crippen MR) is 156 cm³/mol. The Morgan fingerprint density at radius 3 is 2.31 bits per heavy atom. The summed E-state index contributed by atoms with van der Waals surface area (Å²) in [6.45, 7) is 17.9. The van der Waals surface area contributed by atoms with Gasteiger partial charge in [0.15, 0.2) is 0 Å². The van der Waals surface area contributed by atoms with Crippen molar-refractivity contribution >= 4 is 39.5 Å². The van der Waals surface area contributed by atoms with Gasteiger partial charge in [0.1, 0.15) is 11.3 Å². The highest BCUT2D eigenvalue weighted by atomic mass is 127. The number of para-hydroxylation sites is 1. The fourth-order valence-corrected chi connectivity index (χ4v) is 5.52. The first-order chi connectivity index (χ1) is 16.7. The number of unbranched alkanes of at least 4 members (excludes halogenated alkanes) is 2. The summed E-state index contributed by atoms with van der Waals surface area (Å²) in [5.74, 6) is 0.816. The average Bonchev–Trinajstić information content (AvgIpc) is 2.78. The summed E-state index contributed by atoms with van der Waals surface area (Å²) in [7, 11) is 0. The summed E-state index contributed by atoms with van der Waals surface area (Å²) in [4.78, 5) is 25.5. The molecule has 0 spiro atoms. The number of rotatable bonds is 14.